The number of anilines is 1. The zero-order chi connectivity index (χ0) is 21.3. The summed E-state index contributed by atoms with van der Waals surface area (Å²) in [6, 6.07) is 23.7. The number of phenols is 1. The minimum Gasteiger partial charge on any atom is -0.508 e. The minimum atomic E-state index is -0.313. The molecule has 0 bridgehead atoms. The first-order valence-electron chi connectivity index (χ1n) is 9.52. The highest BCUT2D eigenvalue weighted by molar-refractivity contribution is 5.98. The number of methoxy groups -OCH3 is 1. The molecule has 154 valence electrons. The van der Waals surface area contributed by atoms with E-state index in [9.17, 15) is 9.90 Å². The van der Waals surface area contributed by atoms with Crippen LogP contribution >= 0.6 is 0 Å². The van der Waals surface area contributed by atoms with Crippen molar-refractivity contribution in [3.05, 3.63) is 90.0 Å². The van der Waals surface area contributed by atoms with Crippen molar-refractivity contribution in [3.8, 4) is 11.5 Å². The monoisotopic (exact) mass is 404 g/mol. The normalized spacial score (nSPS) is 11.1. The molecule has 3 rings (SSSR count). The Balaban J connectivity index is 1.81. The molecule has 0 aliphatic heterocycles. The van der Waals surface area contributed by atoms with Gasteiger partial charge in [-0.25, -0.2) is 0 Å². The third kappa shape index (κ3) is 5.17. The van der Waals surface area contributed by atoms with E-state index in [0.717, 1.165) is 5.56 Å². The second-order valence-electron chi connectivity index (χ2n) is 6.60. The highest BCUT2D eigenvalue weighted by Crippen LogP contribution is 2.30. The highest BCUT2D eigenvalue weighted by atomic mass is 16.6. The number of amides is 1. The van der Waals surface area contributed by atoms with Crippen LogP contribution < -0.4 is 9.64 Å². The van der Waals surface area contributed by atoms with Gasteiger partial charge in [0.1, 0.15) is 11.5 Å². The Hall–Kier alpha value is -3.80. The number of rotatable bonds is 8. The molecule has 0 aliphatic rings. The molecule has 0 saturated carbocycles. The van der Waals surface area contributed by atoms with Gasteiger partial charge >= 0.3 is 0 Å². The number of para-hydroxylation sites is 3. The number of benzene rings is 3. The number of carbonyl (C=O) groups excluding carboxylic acids is 1. The second kappa shape index (κ2) is 10.1. The molecular formula is C24H24N2O4. The smallest absolute Gasteiger partial charge is 0.268 e. The van der Waals surface area contributed by atoms with Gasteiger partial charge in [0.2, 0.25) is 0 Å². The number of hydrogen-bond donors (Lipinski definition) is 1. The fraction of sp³-hybridized carbons (Fsp3) is 0.167. The molecule has 3 aromatic rings. The number of oxime groups is 1. The van der Waals surface area contributed by atoms with Crippen molar-refractivity contribution in [2.75, 3.05) is 18.6 Å². The molecule has 1 N–H and O–H groups in total. The molecule has 0 saturated heterocycles. The maximum absolute atomic E-state index is 13.0. The summed E-state index contributed by atoms with van der Waals surface area (Å²) in [5.74, 6) is 0.349. The lowest BCUT2D eigenvalue weighted by Crippen LogP contribution is -2.33. The number of phenolic OH excluding ortho intramolecular Hbond substituents is 1. The molecule has 3 aromatic carbocycles. The molecule has 0 aliphatic carbocycles. The van der Waals surface area contributed by atoms with Gasteiger partial charge in [0.05, 0.1) is 25.1 Å². The second-order valence-corrected chi connectivity index (χ2v) is 6.60. The van der Waals surface area contributed by atoms with E-state index in [2.05, 4.69) is 5.16 Å². The standard InChI is InChI=1S/C24H24N2O4/c1-18(19-10-4-3-5-11-19)25-30-17-24(28)26(16-20-12-6-8-14-22(20)27)21-13-7-9-15-23(21)29-2/h3-15,27H,16-17H2,1-2H3/b25-18+. The van der Waals surface area contributed by atoms with E-state index in [4.69, 9.17) is 9.57 Å². The molecule has 0 radical (unpaired) electrons. The first-order chi connectivity index (χ1) is 14.6. The van der Waals surface area contributed by atoms with Gasteiger partial charge < -0.3 is 19.6 Å². The minimum absolute atomic E-state index is 0.115. The van der Waals surface area contributed by atoms with Crippen LogP contribution in [0.4, 0.5) is 5.69 Å². The Morgan fingerprint density at radius 3 is 2.37 bits per heavy atom. The molecule has 0 aromatic heterocycles. The van der Waals surface area contributed by atoms with Crippen molar-refractivity contribution in [1.82, 2.24) is 0 Å². The van der Waals surface area contributed by atoms with Crippen molar-refractivity contribution in [2.24, 2.45) is 5.16 Å². The summed E-state index contributed by atoms with van der Waals surface area (Å²) >= 11 is 0. The fourth-order valence-electron chi connectivity index (χ4n) is 2.97. The van der Waals surface area contributed by atoms with Gasteiger partial charge in [-0.15, -0.1) is 0 Å². The first kappa shape index (κ1) is 20.9. The van der Waals surface area contributed by atoms with Gasteiger partial charge in [0, 0.05) is 5.56 Å². The van der Waals surface area contributed by atoms with Gasteiger partial charge in [-0.3, -0.25) is 4.79 Å². The van der Waals surface area contributed by atoms with E-state index in [1.807, 2.05) is 55.5 Å². The Morgan fingerprint density at radius 2 is 1.63 bits per heavy atom. The van der Waals surface area contributed by atoms with E-state index in [-0.39, 0.29) is 24.8 Å². The SMILES string of the molecule is COc1ccccc1N(Cc1ccccc1O)C(=O)CO/N=C(\C)c1ccccc1. The molecule has 0 heterocycles. The van der Waals surface area contributed by atoms with Gasteiger partial charge in [-0.2, -0.15) is 0 Å². The average molecular weight is 404 g/mol. The maximum atomic E-state index is 13.0. The van der Waals surface area contributed by atoms with Crippen LogP contribution in [0.15, 0.2) is 84.0 Å². The first-order valence-corrected chi connectivity index (χ1v) is 9.52. The van der Waals surface area contributed by atoms with Crippen molar-refractivity contribution in [1.29, 1.82) is 0 Å². The summed E-state index contributed by atoms with van der Waals surface area (Å²) in [5, 5.41) is 14.2. The molecule has 0 atom stereocenters. The van der Waals surface area contributed by atoms with E-state index in [0.29, 0.717) is 22.7 Å². The van der Waals surface area contributed by atoms with Crippen LogP contribution in [0.5, 0.6) is 11.5 Å². The molecule has 6 heteroatoms. The Labute approximate surface area is 176 Å². The van der Waals surface area contributed by atoms with E-state index >= 15 is 0 Å². The zero-order valence-electron chi connectivity index (χ0n) is 17.0. The molecule has 0 unspecified atom stereocenters. The Kier molecular flexibility index (Phi) is 7.05. The third-order valence-electron chi connectivity index (χ3n) is 4.58. The van der Waals surface area contributed by atoms with E-state index in [1.165, 1.54) is 4.90 Å². The fourth-order valence-corrected chi connectivity index (χ4v) is 2.97. The highest BCUT2D eigenvalue weighted by Gasteiger charge is 2.21. The van der Waals surface area contributed by atoms with E-state index < -0.39 is 0 Å². The van der Waals surface area contributed by atoms with E-state index in [1.54, 1.807) is 37.4 Å². The third-order valence-corrected chi connectivity index (χ3v) is 4.58. The number of ether oxygens (including phenoxy) is 1. The number of hydrogen-bond acceptors (Lipinski definition) is 5. The van der Waals surface area contributed by atoms with Crippen LogP contribution in [0, 0.1) is 0 Å². The number of aromatic hydroxyl groups is 1. The predicted octanol–water partition coefficient (Wildman–Crippen LogP) is 4.37. The molecule has 0 spiro atoms. The van der Waals surface area contributed by atoms with Crippen LogP contribution in [-0.4, -0.2) is 30.4 Å². The number of nitrogens with zero attached hydrogens (tertiary/aromatic N) is 2. The lowest BCUT2D eigenvalue weighted by atomic mass is 10.1. The largest absolute Gasteiger partial charge is 0.508 e. The van der Waals surface area contributed by atoms with Crippen molar-refractivity contribution < 1.29 is 19.5 Å². The molecule has 0 fully saturated rings. The lowest BCUT2D eigenvalue weighted by molar-refractivity contribution is -0.123. The summed E-state index contributed by atoms with van der Waals surface area (Å²) in [7, 11) is 1.55. The van der Waals surface area contributed by atoms with Crippen LogP contribution in [-0.2, 0) is 16.2 Å². The van der Waals surface area contributed by atoms with Gasteiger partial charge in [0.25, 0.3) is 5.91 Å². The van der Waals surface area contributed by atoms with Crippen LogP contribution in [0.3, 0.4) is 0 Å². The summed E-state index contributed by atoms with van der Waals surface area (Å²) < 4.78 is 5.42. The van der Waals surface area contributed by atoms with Crippen LogP contribution in [0.25, 0.3) is 0 Å². The predicted molar refractivity (Wildman–Crippen MR) is 117 cm³/mol. The van der Waals surface area contributed by atoms with Gasteiger partial charge in [-0.1, -0.05) is 65.8 Å². The zero-order valence-corrected chi connectivity index (χ0v) is 17.0. The lowest BCUT2D eigenvalue weighted by Gasteiger charge is -2.24. The molecule has 6 nitrogen and oxygen atoms in total. The molecule has 30 heavy (non-hydrogen) atoms. The summed E-state index contributed by atoms with van der Waals surface area (Å²) in [4.78, 5) is 19.9. The summed E-state index contributed by atoms with van der Waals surface area (Å²) in [6.07, 6.45) is 0. The van der Waals surface area contributed by atoms with Crippen LogP contribution in [0.1, 0.15) is 18.1 Å². The summed E-state index contributed by atoms with van der Waals surface area (Å²) in [6.45, 7) is 1.73. The molecular weight excluding hydrogens is 380 g/mol. The Morgan fingerprint density at radius 1 is 0.967 bits per heavy atom. The quantitative estimate of drug-likeness (QED) is 0.447. The molecule has 1 amide bonds. The van der Waals surface area contributed by atoms with Crippen LogP contribution in [0.2, 0.25) is 0 Å². The van der Waals surface area contributed by atoms with Gasteiger partial charge in [0.15, 0.2) is 6.61 Å². The van der Waals surface area contributed by atoms with Gasteiger partial charge in [-0.05, 0) is 30.7 Å². The van der Waals surface area contributed by atoms with Crippen molar-refractivity contribution in [2.45, 2.75) is 13.5 Å². The van der Waals surface area contributed by atoms with Crippen molar-refractivity contribution in [3.63, 3.8) is 0 Å². The average Bonchev–Trinajstić information content (AvgIpc) is 2.79. The topological polar surface area (TPSA) is 71.4 Å². The van der Waals surface area contributed by atoms with Crippen molar-refractivity contribution >= 4 is 17.3 Å². The summed E-state index contributed by atoms with van der Waals surface area (Å²) in [5.41, 5.74) is 2.79. The Bertz CT molecular complexity index is 1020. The maximum Gasteiger partial charge on any atom is 0.268 e. The number of carbonyl (C=O) groups is 1.